The molecule has 1 saturated heterocycles. The fourth-order valence-electron chi connectivity index (χ4n) is 3.49. The van der Waals surface area contributed by atoms with Gasteiger partial charge >= 0.3 is 0 Å². The molecule has 1 N–H and O–H groups in total. The first-order valence-corrected chi connectivity index (χ1v) is 9.20. The van der Waals surface area contributed by atoms with Gasteiger partial charge in [-0.3, -0.25) is 19.6 Å². The minimum atomic E-state index is -0.701. The summed E-state index contributed by atoms with van der Waals surface area (Å²) in [5.74, 6) is -1.52. The van der Waals surface area contributed by atoms with E-state index < -0.39 is 17.7 Å². The van der Waals surface area contributed by atoms with Crippen LogP contribution < -0.4 is 0 Å². The number of pyridine rings is 2. The minimum Gasteiger partial charge on any atom is -0.507 e. The molecule has 4 rings (SSSR count). The zero-order valence-corrected chi connectivity index (χ0v) is 15.8. The van der Waals surface area contributed by atoms with E-state index >= 15 is 0 Å². The standard InChI is InChI=1S/C23H19N3O3/c1-15-2-4-18(5-3-15)21(27)19-20(17-8-12-25-13-9-17)26(23(29)22(19)28)14-16-6-10-24-11-7-16/h2-13,20,27H,14H2,1H3/b21-19+. The molecule has 3 heterocycles. The van der Waals surface area contributed by atoms with Crippen LogP contribution >= 0.6 is 0 Å². The summed E-state index contributed by atoms with van der Waals surface area (Å²) in [7, 11) is 0. The van der Waals surface area contributed by atoms with Crippen molar-refractivity contribution in [1.82, 2.24) is 14.9 Å². The van der Waals surface area contributed by atoms with Gasteiger partial charge in [-0.2, -0.15) is 0 Å². The lowest BCUT2D eigenvalue weighted by Crippen LogP contribution is -2.29. The third-order valence-corrected chi connectivity index (χ3v) is 4.99. The van der Waals surface area contributed by atoms with Crippen molar-refractivity contribution < 1.29 is 14.7 Å². The number of carbonyl (C=O) groups excluding carboxylic acids is 2. The molecule has 1 unspecified atom stereocenters. The number of hydrogen-bond acceptors (Lipinski definition) is 5. The van der Waals surface area contributed by atoms with Crippen LogP contribution in [0.2, 0.25) is 0 Å². The Hall–Kier alpha value is -3.80. The molecule has 0 spiro atoms. The first-order chi connectivity index (χ1) is 14.1. The summed E-state index contributed by atoms with van der Waals surface area (Å²) in [5.41, 5.74) is 3.17. The highest BCUT2D eigenvalue weighted by atomic mass is 16.3. The maximum absolute atomic E-state index is 12.9. The molecule has 1 aliphatic rings. The van der Waals surface area contributed by atoms with Crippen molar-refractivity contribution in [2.24, 2.45) is 0 Å². The summed E-state index contributed by atoms with van der Waals surface area (Å²) in [6, 6.07) is 13.6. The molecule has 6 heteroatoms. The Morgan fingerprint density at radius 1 is 0.931 bits per heavy atom. The van der Waals surface area contributed by atoms with Crippen molar-refractivity contribution >= 4 is 17.4 Å². The van der Waals surface area contributed by atoms with Gasteiger partial charge in [-0.15, -0.1) is 0 Å². The highest BCUT2D eigenvalue weighted by Gasteiger charge is 2.46. The van der Waals surface area contributed by atoms with Crippen LogP contribution in [0.1, 0.15) is 28.3 Å². The van der Waals surface area contributed by atoms with E-state index in [0.29, 0.717) is 11.1 Å². The number of aryl methyl sites for hydroxylation is 1. The second-order valence-electron chi connectivity index (χ2n) is 6.93. The largest absolute Gasteiger partial charge is 0.507 e. The molecule has 1 amide bonds. The highest BCUT2D eigenvalue weighted by Crippen LogP contribution is 2.40. The van der Waals surface area contributed by atoms with Crippen LogP contribution in [0, 0.1) is 6.92 Å². The van der Waals surface area contributed by atoms with Crippen LogP contribution in [0.5, 0.6) is 0 Å². The molecular formula is C23H19N3O3. The van der Waals surface area contributed by atoms with E-state index in [9.17, 15) is 14.7 Å². The zero-order chi connectivity index (χ0) is 20.4. The second kappa shape index (κ2) is 7.67. The molecule has 0 radical (unpaired) electrons. The summed E-state index contributed by atoms with van der Waals surface area (Å²) in [4.78, 5) is 35.3. The zero-order valence-electron chi connectivity index (χ0n) is 15.8. The Kier molecular flexibility index (Phi) is 4.91. The molecule has 144 valence electrons. The molecule has 0 bridgehead atoms. The number of hydrogen-bond donors (Lipinski definition) is 1. The van der Waals surface area contributed by atoms with Crippen molar-refractivity contribution in [3.05, 3.63) is 101 Å². The first-order valence-electron chi connectivity index (χ1n) is 9.20. The van der Waals surface area contributed by atoms with E-state index in [4.69, 9.17) is 0 Å². The SMILES string of the molecule is Cc1ccc(/C(O)=C2\C(=O)C(=O)N(Cc3ccncc3)C2c2ccncc2)cc1. The smallest absolute Gasteiger partial charge is 0.295 e. The Balaban J connectivity index is 1.85. The molecule has 1 atom stereocenters. The van der Waals surface area contributed by atoms with E-state index in [-0.39, 0.29) is 17.9 Å². The number of amides is 1. The topological polar surface area (TPSA) is 83.4 Å². The number of Topliss-reactive ketones (excluding diaryl/α,β-unsaturated/α-hetero) is 1. The summed E-state index contributed by atoms with van der Waals surface area (Å²) >= 11 is 0. The molecule has 0 saturated carbocycles. The van der Waals surface area contributed by atoms with Gasteiger partial charge in [0.15, 0.2) is 0 Å². The van der Waals surface area contributed by atoms with Crippen LogP contribution in [-0.2, 0) is 16.1 Å². The van der Waals surface area contributed by atoms with E-state index in [0.717, 1.165) is 11.1 Å². The van der Waals surface area contributed by atoms with Gasteiger partial charge in [0.25, 0.3) is 11.7 Å². The summed E-state index contributed by atoms with van der Waals surface area (Å²) in [6.07, 6.45) is 6.49. The van der Waals surface area contributed by atoms with E-state index in [1.165, 1.54) is 4.90 Å². The number of aliphatic hydroxyl groups excluding tert-OH is 1. The number of aromatic nitrogens is 2. The molecule has 1 aromatic carbocycles. The third kappa shape index (κ3) is 3.52. The number of aliphatic hydroxyl groups is 1. The fourth-order valence-corrected chi connectivity index (χ4v) is 3.49. The van der Waals surface area contributed by atoms with Crippen LogP contribution in [0.4, 0.5) is 0 Å². The lowest BCUT2D eigenvalue weighted by Gasteiger charge is -2.25. The van der Waals surface area contributed by atoms with Crippen LogP contribution in [0.15, 0.2) is 78.9 Å². The van der Waals surface area contributed by atoms with Crippen molar-refractivity contribution in [3.63, 3.8) is 0 Å². The molecule has 0 aliphatic carbocycles. The number of nitrogens with zero attached hydrogens (tertiary/aromatic N) is 3. The van der Waals surface area contributed by atoms with Gasteiger partial charge in [0.05, 0.1) is 11.6 Å². The van der Waals surface area contributed by atoms with Crippen LogP contribution in [-0.4, -0.2) is 31.7 Å². The highest BCUT2D eigenvalue weighted by molar-refractivity contribution is 6.46. The summed E-state index contributed by atoms with van der Waals surface area (Å²) in [5, 5.41) is 11.0. The van der Waals surface area contributed by atoms with Crippen molar-refractivity contribution in [3.8, 4) is 0 Å². The lowest BCUT2D eigenvalue weighted by atomic mass is 9.95. The maximum atomic E-state index is 12.9. The second-order valence-corrected chi connectivity index (χ2v) is 6.93. The normalized spacial score (nSPS) is 18.2. The average Bonchev–Trinajstić information content (AvgIpc) is 3.00. The predicted molar refractivity (Wildman–Crippen MR) is 107 cm³/mol. The molecule has 1 fully saturated rings. The lowest BCUT2D eigenvalue weighted by molar-refractivity contribution is -0.140. The van der Waals surface area contributed by atoms with Gasteiger partial charge in [0.1, 0.15) is 5.76 Å². The number of carbonyl (C=O) groups is 2. The van der Waals surface area contributed by atoms with Crippen LogP contribution in [0.25, 0.3) is 5.76 Å². The quantitative estimate of drug-likeness (QED) is 0.423. The average molecular weight is 385 g/mol. The third-order valence-electron chi connectivity index (χ3n) is 4.99. The Bertz CT molecular complexity index is 1080. The molecule has 3 aromatic rings. The Labute approximate surface area is 168 Å². The van der Waals surface area contributed by atoms with Gasteiger partial charge < -0.3 is 10.0 Å². The van der Waals surface area contributed by atoms with Gasteiger partial charge in [0.2, 0.25) is 0 Å². The number of likely N-dealkylation sites (tertiary alicyclic amines) is 1. The predicted octanol–water partition coefficient (Wildman–Crippen LogP) is 3.41. The van der Waals surface area contributed by atoms with Gasteiger partial charge in [0, 0.05) is 36.9 Å². The molecule has 2 aromatic heterocycles. The number of benzene rings is 1. The first kappa shape index (κ1) is 18.6. The number of rotatable bonds is 4. The molecule has 6 nitrogen and oxygen atoms in total. The summed E-state index contributed by atoms with van der Waals surface area (Å²) in [6.45, 7) is 2.17. The van der Waals surface area contributed by atoms with Gasteiger partial charge in [-0.1, -0.05) is 29.8 Å². The van der Waals surface area contributed by atoms with Crippen molar-refractivity contribution in [1.29, 1.82) is 0 Å². The summed E-state index contributed by atoms with van der Waals surface area (Å²) < 4.78 is 0. The molecule has 29 heavy (non-hydrogen) atoms. The number of ketones is 1. The maximum Gasteiger partial charge on any atom is 0.295 e. The Morgan fingerprint density at radius 2 is 1.52 bits per heavy atom. The van der Waals surface area contributed by atoms with E-state index in [1.807, 2.05) is 19.1 Å². The molecule has 1 aliphatic heterocycles. The molecular weight excluding hydrogens is 366 g/mol. The minimum absolute atomic E-state index is 0.0825. The monoisotopic (exact) mass is 385 g/mol. The van der Waals surface area contributed by atoms with Gasteiger partial charge in [-0.05, 0) is 42.3 Å². The van der Waals surface area contributed by atoms with Crippen LogP contribution in [0.3, 0.4) is 0 Å². The van der Waals surface area contributed by atoms with Crippen molar-refractivity contribution in [2.75, 3.05) is 0 Å². The fraction of sp³-hybridized carbons (Fsp3) is 0.130. The van der Waals surface area contributed by atoms with Gasteiger partial charge in [-0.25, -0.2) is 0 Å². The van der Waals surface area contributed by atoms with E-state index in [2.05, 4.69) is 9.97 Å². The Morgan fingerprint density at radius 3 is 2.14 bits per heavy atom. The van der Waals surface area contributed by atoms with E-state index in [1.54, 1.807) is 61.2 Å². The van der Waals surface area contributed by atoms with Crippen molar-refractivity contribution in [2.45, 2.75) is 19.5 Å².